The van der Waals surface area contributed by atoms with Crippen LogP contribution in [0.5, 0.6) is 0 Å². The Morgan fingerprint density at radius 2 is 2.06 bits per heavy atom. The van der Waals surface area contributed by atoms with Crippen molar-refractivity contribution in [1.82, 2.24) is 5.32 Å². The largest absolute Gasteiger partial charge is 0.316 e. The highest BCUT2D eigenvalue weighted by Gasteiger charge is 2.22. The van der Waals surface area contributed by atoms with Crippen molar-refractivity contribution in [3.8, 4) is 0 Å². The third kappa shape index (κ3) is 4.72. The lowest BCUT2D eigenvalue weighted by molar-refractivity contribution is 0.448. The van der Waals surface area contributed by atoms with Gasteiger partial charge in [-0.25, -0.2) is 0 Å². The van der Waals surface area contributed by atoms with Gasteiger partial charge in [0.05, 0.1) is 0 Å². The van der Waals surface area contributed by atoms with Gasteiger partial charge in [0.1, 0.15) is 0 Å². The van der Waals surface area contributed by atoms with Crippen LogP contribution in [0.3, 0.4) is 0 Å². The maximum absolute atomic E-state index is 3.60. The van der Waals surface area contributed by atoms with Crippen molar-refractivity contribution < 1.29 is 0 Å². The molecular formula is C14H24BrNS. The van der Waals surface area contributed by atoms with Crippen molar-refractivity contribution >= 4 is 27.3 Å². The molecular weight excluding hydrogens is 294 g/mol. The van der Waals surface area contributed by atoms with Gasteiger partial charge in [-0.1, -0.05) is 27.7 Å². The maximum atomic E-state index is 3.60. The van der Waals surface area contributed by atoms with Crippen LogP contribution in [0.1, 0.15) is 43.9 Å². The Bertz CT molecular complexity index is 336. The lowest BCUT2D eigenvalue weighted by Gasteiger charge is -2.23. The predicted octanol–water partition coefficient (Wildman–Crippen LogP) is 4.73. The predicted molar refractivity (Wildman–Crippen MR) is 82.1 cm³/mol. The molecule has 0 atom stereocenters. The number of halogens is 1. The van der Waals surface area contributed by atoms with Crippen LogP contribution in [0, 0.1) is 12.8 Å². The van der Waals surface area contributed by atoms with Gasteiger partial charge in [0.2, 0.25) is 0 Å². The highest BCUT2D eigenvalue weighted by molar-refractivity contribution is 9.10. The maximum Gasteiger partial charge on any atom is 0.0314 e. The van der Waals surface area contributed by atoms with Crippen LogP contribution in [0.15, 0.2) is 10.5 Å². The summed E-state index contributed by atoms with van der Waals surface area (Å²) < 4.78 is 1.25. The van der Waals surface area contributed by atoms with Gasteiger partial charge in [0.15, 0.2) is 0 Å². The molecule has 0 aromatic carbocycles. The molecule has 1 N–H and O–H groups in total. The molecule has 0 aliphatic carbocycles. The van der Waals surface area contributed by atoms with Crippen molar-refractivity contribution in [2.45, 2.75) is 46.5 Å². The van der Waals surface area contributed by atoms with E-state index in [-0.39, 0.29) is 5.41 Å². The molecule has 3 heteroatoms. The molecule has 0 aliphatic rings. The summed E-state index contributed by atoms with van der Waals surface area (Å²) in [4.78, 5) is 2.86. The molecule has 0 saturated carbocycles. The van der Waals surface area contributed by atoms with Crippen molar-refractivity contribution in [3.63, 3.8) is 0 Å². The molecule has 0 fully saturated rings. The average Bonchev–Trinajstić information content (AvgIpc) is 2.55. The topological polar surface area (TPSA) is 12.0 Å². The quantitative estimate of drug-likeness (QED) is 0.748. The first-order valence-corrected chi connectivity index (χ1v) is 7.91. The number of rotatable bonds is 6. The molecule has 1 rings (SSSR count). The van der Waals surface area contributed by atoms with Crippen LogP contribution < -0.4 is 5.32 Å². The number of aryl methyl sites for hydroxylation is 1. The normalized spacial score (nSPS) is 12.4. The highest BCUT2D eigenvalue weighted by Crippen LogP contribution is 2.36. The average molecular weight is 318 g/mol. The van der Waals surface area contributed by atoms with E-state index in [1.165, 1.54) is 20.6 Å². The molecule has 0 radical (unpaired) electrons. The van der Waals surface area contributed by atoms with Gasteiger partial charge in [-0.3, -0.25) is 0 Å². The minimum Gasteiger partial charge on any atom is -0.316 e. The van der Waals surface area contributed by atoms with Gasteiger partial charge in [0, 0.05) is 19.6 Å². The van der Waals surface area contributed by atoms with Crippen LogP contribution in [-0.2, 0) is 5.41 Å². The number of hydrogen-bond acceptors (Lipinski definition) is 2. The zero-order valence-electron chi connectivity index (χ0n) is 11.6. The first-order chi connectivity index (χ1) is 7.83. The van der Waals surface area contributed by atoms with Crippen molar-refractivity contribution in [2.24, 2.45) is 5.92 Å². The molecule has 1 heterocycles. The third-order valence-electron chi connectivity index (χ3n) is 3.00. The summed E-state index contributed by atoms with van der Waals surface area (Å²) >= 11 is 5.52. The lowest BCUT2D eigenvalue weighted by Crippen LogP contribution is -2.27. The zero-order chi connectivity index (χ0) is 13.1. The molecule has 0 spiro atoms. The fourth-order valence-corrected chi connectivity index (χ4v) is 3.37. The van der Waals surface area contributed by atoms with Crippen LogP contribution in [0.2, 0.25) is 0 Å². The SMILES string of the molecule is Cc1sc(C(C)(C)CCNCC(C)C)cc1Br. The van der Waals surface area contributed by atoms with Crippen molar-refractivity contribution in [1.29, 1.82) is 0 Å². The molecule has 1 nitrogen and oxygen atoms in total. The molecule has 0 bridgehead atoms. The summed E-state index contributed by atoms with van der Waals surface area (Å²) in [5.41, 5.74) is 0.269. The molecule has 17 heavy (non-hydrogen) atoms. The Morgan fingerprint density at radius 1 is 1.41 bits per heavy atom. The molecule has 1 aromatic heterocycles. The van der Waals surface area contributed by atoms with E-state index < -0.39 is 0 Å². The Hall–Kier alpha value is 0.140. The van der Waals surface area contributed by atoms with Gasteiger partial charge in [0.25, 0.3) is 0 Å². The lowest BCUT2D eigenvalue weighted by atomic mass is 9.87. The summed E-state index contributed by atoms with van der Waals surface area (Å²) in [6.07, 6.45) is 1.19. The fraction of sp³-hybridized carbons (Fsp3) is 0.714. The summed E-state index contributed by atoms with van der Waals surface area (Å²) in [6.45, 7) is 13.5. The highest BCUT2D eigenvalue weighted by atomic mass is 79.9. The Balaban J connectivity index is 2.50. The molecule has 1 aromatic rings. The molecule has 0 unspecified atom stereocenters. The van der Waals surface area contributed by atoms with E-state index in [9.17, 15) is 0 Å². The van der Waals surface area contributed by atoms with E-state index in [2.05, 4.69) is 61.9 Å². The smallest absolute Gasteiger partial charge is 0.0314 e. The third-order valence-corrected chi connectivity index (χ3v) is 5.51. The van der Waals surface area contributed by atoms with Crippen LogP contribution in [-0.4, -0.2) is 13.1 Å². The van der Waals surface area contributed by atoms with Gasteiger partial charge < -0.3 is 5.32 Å². The van der Waals surface area contributed by atoms with Gasteiger partial charge in [-0.2, -0.15) is 0 Å². The van der Waals surface area contributed by atoms with E-state index in [1.54, 1.807) is 0 Å². The Labute approximate surface area is 118 Å². The molecule has 0 aliphatic heterocycles. The van der Waals surface area contributed by atoms with Crippen molar-refractivity contribution in [2.75, 3.05) is 13.1 Å². The van der Waals surface area contributed by atoms with Gasteiger partial charge in [-0.05, 0) is 54.3 Å². The van der Waals surface area contributed by atoms with E-state index in [4.69, 9.17) is 0 Å². The number of thiophene rings is 1. The first kappa shape index (κ1) is 15.2. The molecule has 98 valence electrons. The monoisotopic (exact) mass is 317 g/mol. The van der Waals surface area contributed by atoms with Gasteiger partial charge in [-0.15, -0.1) is 11.3 Å². The van der Waals surface area contributed by atoms with E-state index in [1.807, 2.05) is 11.3 Å². The van der Waals surface area contributed by atoms with Crippen LogP contribution >= 0.6 is 27.3 Å². The second-order valence-corrected chi connectivity index (χ2v) is 7.86. The minimum atomic E-state index is 0.269. The second kappa shape index (κ2) is 6.35. The summed E-state index contributed by atoms with van der Waals surface area (Å²) in [5, 5.41) is 3.53. The zero-order valence-corrected chi connectivity index (χ0v) is 14.0. The van der Waals surface area contributed by atoms with E-state index in [0.29, 0.717) is 0 Å². The minimum absolute atomic E-state index is 0.269. The standard InChI is InChI=1S/C14H24BrNS/c1-10(2)9-16-7-6-14(4,5)13-8-12(15)11(3)17-13/h8,10,16H,6-7,9H2,1-5H3. The fourth-order valence-electron chi connectivity index (χ4n) is 1.71. The summed E-state index contributed by atoms with van der Waals surface area (Å²) in [7, 11) is 0. The number of hydrogen-bond donors (Lipinski definition) is 1. The summed E-state index contributed by atoms with van der Waals surface area (Å²) in [6, 6.07) is 2.28. The van der Waals surface area contributed by atoms with Crippen molar-refractivity contribution in [3.05, 3.63) is 20.3 Å². The van der Waals surface area contributed by atoms with Crippen LogP contribution in [0.4, 0.5) is 0 Å². The molecule has 0 amide bonds. The van der Waals surface area contributed by atoms with E-state index in [0.717, 1.165) is 19.0 Å². The Morgan fingerprint density at radius 3 is 2.53 bits per heavy atom. The Kier molecular flexibility index (Phi) is 5.68. The van der Waals surface area contributed by atoms with Crippen LogP contribution in [0.25, 0.3) is 0 Å². The number of nitrogens with one attached hydrogen (secondary N) is 1. The van der Waals surface area contributed by atoms with E-state index >= 15 is 0 Å². The molecule has 0 saturated heterocycles. The second-order valence-electron chi connectivity index (χ2n) is 5.75. The first-order valence-electron chi connectivity index (χ1n) is 6.30. The summed E-state index contributed by atoms with van der Waals surface area (Å²) in [5.74, 6) is 0.733. The van der Waals surface area contributed by atoms with Gasteiger partial charge >= 0.3 is 0 Å².